The molecule has 2 nitrogen and oxygen atoms in total. The number of benzene rings is 1. The highest BCUT2D eigenvalue weighted by atomic mass is 35.5. The van der Waals surface area contributed by atoms with Crippen LogP contribution in [0.5, 0.6) is 0 Å². The van der Waals surface area contributed by atoms with Crippen LogP contribution < -0.4 is 0 Å². The molecule has 2 rings (SSSR count). The molecule has 94 valence electrons. The van der Waals surface area contributed by atoms with Gasteiger partial charge in [0.2, 0.25) is 0 Å². The Kier molecular flexibility index (Phi) is 3.40. The average Bonchev–Trinajstić information content (AvgIpc) is 2.32. The Hall–Kier alpha value is -1.41. The Labute approximate surface area is 113 Å². The molecule has 0 atom stereocenters. The van der Waals surface area contributed by atoms with E-state index in [-0.39, 0.29) is 5.41 Å². The van der Waals surface area contributed by atoms with Crippen LogP contribution in [-0.2, 0) is 5.41 Å². The normalized spacial score (nSPS) is 11.6. The summed E-state index contributed by atoms with van der Waals surface area (Å²) < 4.78 is 0. The molecular weight excluding hydrogens is 244 g/mol. The van der Waals surface area contributed by atoms with Crippen LogP contribution in [0.1, 0.15) is 31.9 Å². The van der Waals surface area contributed by atoms with Crippen LogP contribution in [0.25, 0.3) is 11.4 Å². The largest absolute Gasteiger partial charge is 0.236 e. The zero-order chi connectivity index (χ0) is 13.3. The van der Waals surface area contributed by atoms with Crippen molar-refractivity contribution in [3.8, 4) is 11.4 Å². The molecule has 3 heteroatoms. The minimum Gasteiger partial charge on any atom is -0.236 e. The molecule has 18 heavy (non-hydrogen) atoms. The number of aryl methyl sites for hydroxylation is 1. The molecule has 1 aromatic carbocycles. The molecule has 1 heterocycles. The second-order valence-electron chi connectivity index (χ2n) is 5.49. The summed E-state index contributed by atoms with van der Waals surface area (Å²) in [5.41, 5.74) is 3.34. The molecular formula is C15H17ClN2. The molecule has 0 radical (unpaired) electrons. The van der Waals surface area contributed by atoms with E-state index in [0.717, 1.165) is 11.1 Å². The smallest absolute Gasteiger partial charge is 0.160 e. The van der Waals surface area contributed by atoms with Crippen molar-refractivity contribution >= 4 is 11.6 Å². The lowest BCUT2D eigenvalue weighted by atomic mass is 9.87. The number of nitrogens with zero attached hydrogens (tertiary/aromatic N) is 2. The number of hydrogen-bond acceptors (Lipinski definition) is 2. The van der Waals surface area contributed by atoms with E-state index in [1.54, 1.807) is 6.20 Å². The minimum absolute atomic E-state index is 0.157. The van der Waals surface area contributed by atoms with E-state index >= 15 is 0 Å². The topological polar surface area (TPSA) is 25.8 Å². The van der Waals surface area contributed by atoms with Crippen LogP contribution in [0.2, 0.25) is 5.15 Å². The fourth-order valence-electron chi connectivity index (χ4n) is 1.68. The molecule has 0 saturated heterocycles. The third-order valence-corrected chi connectivity index (χ3v) is 3.30. The van der Waals surface area contributed by atoms with Crippen LogP contribution in [0.15, 0.2) is 30.5 Å². The van der Waals surface area contributed by atoms with Crippen molar-refractivity contribution in [2.24, 2.45) is 0 Å². The van der Waals surface area contributed by atoms with Crippen molar-refractivity contribution in [1.82, 2.24) is 9.97 Å². The van der Waals surface area contributed by atoms with Crippen molar-refractivity contribution in [3.63, 3.8) is 0 Å². The van der Waals surface area contributed by atoms with E-state index in [4.69, 9.17) is 11.6 Å². The maximum absolute atomic E-state index is 6.02. The van der Waals surface area contributed by atoms with Crippen molar-refractivity contribution in [2.45, 2.75) is 33.1 Å². The first-order valence-electron chi connectivity index (χ1n) is 5.98. The van der Waals surface area contributed by atoms with Crippen LogP contribution >= 0.6 is 11.6 Å². The summed E-state index contributed by atoms with van der Waals surface area (Å²) in [6, 6.07) is 8.32. The lowest BCUT2D eigenvalue weighted by Crippen LogP contribution is -2.10. The van der Waals surface area contributed by atoms with Crippen LogP contribution in [-0.4, -0.2) is 9.97 Å². The van der Waals surface area contributed by atoms with Crippen LogP contribution in [0, 0.1) is 6.92 Å². The van der Waals surface area contributed by atoms with E-state index in [1.807, 2.05) is 19.1 Å². The molecule has 0 N–H and O–H groups in total. The van der Waals surface area contributed by atoms with Gasteiger partial charge in [0, 0.05) is 17.3 Å². The second kappa shape index (κ2) is 4.69. The molecule has 0 aliphatic carbocycles. The average molecular weight is 261 g/mol. The monoisotopic (exact) mass is 260 g/mol. The predicted octanol–water partition coefficient (Wildman–Crippen LogP) is 4.40. The minimum atomic E-state index is 0.157. The zero-order valence-electron chi connectivity index (χ0n) is 11.2. The lowest BCUT2D eigenvalue weighted by Gasteiger charge is -2.19. The van der Waals surface area contributed by atoms with Crippen molar-refractivity contribution in [1.29, 1.82) is 0 Å². The molecule has 1 aromatic heterocycles. The standard InChI is InChI=1S/C15H17ClN2/c1-10-9-17-14(18-13(10)16)11-5-7-12(8-6-11)15(2,3)4/h5-9H,1-4H3. The van der Waals surface area contributed by atoms with Gasteiger partial charge in [-0.25, -0.2) is 9.97 Å². The molecule has 0 amide bonds. The first-order chi connectivity index (χ1) is 8.38. The fourth-order valence-corrected chi connectivity index (χ4v) is 1.81. The molecule has 0 spiro atoms. The summed E-state index contributed by atoms with van der Waals surface area (Å²) in [6.07, 6.45) is 1.75. The van der Waals surface area contributed by atoms with Gasteiger partial charge in [0.15, 0.2) is 5.82 Å². The number of rotatable bonds is 1. The Morgan fingerprint density at radius 1 is 1.06 bits per heavy atom. The van der Waals surface area contributed by atoms with Crippen molar-refractivity contribution in [3.05, 3.63) is 46.7 Å². The highest BCUT2D eigenvalue weighted by molar-refractivity contribution is 6.30. The van der Waals surface area contributed by atoms with Crippen LogP contribution in [0.3, 0.4) is 0 Å². The molecule has 0 bridgehead atoms. The van der Waals surface area contributed by atoms with Gasteiger partial charge in [-0.15, -0.1) is 0 Å². The van der Waals surface area contributed by atoms with Gasteiger partial charge in [-0.2, -0.15) is 0 Å². The van der Waals surface area contributed by atoms with Crippen LogP contribution in [0.4, 0.5) is 0 Å². The summed E-state index contributed by atoms with van der Waals surface area (Å²) >= 11 is 6.02. The first kappa shape index (κ1) is 13.0. The van der Waals surface area contributed by atoms with E-state index in [1.165, 1.54) is 5.56 Å². The van der Waals surface area contributed by atoms with E-state index in [9.17, 15) is 0 Å². The summed E-state index contributed by atoms with van der Waals surface area (Å²) in [4.78, 5) is 8.59. The third kappa shape index (κ3) is 2.70. The zero-order valence-corrected chi connectivity index (χ0v) is 11.9. The molecule has 0 aliphatic heterocycles. The molecule has 0 saturated carbocycles. The van der Waals surface area contributed by atoms with Crippen molar-refractivity contribution in [2.75, 3.05) is 0 Å². The summed E-state index contributed by atoms with van der Waals surface area (Å²) in [5, 5.41) is 0.514. The van der Waals surface area contributed by atoms with E-state index < -0.39 is 0 Å². The maximum Gasteiger partial charge on any atom is 0.160 e. The molecule has 0 fully saturated rings. The van der Waals surface area contributed by atoms with E-state index in [2.05, 4.69) is 42.9 Å². The summed E-state index contributed by atoms with van der Waals surface area (Å²) in [7, 11) is 0. The van der Waals surface area contributed by atoms with Gasteiger partial charge in [-0.1, -0.05) is 56.6 Å². The fraction of sp³-hybridized carbons (Fsp3) is 0.333. The summed E-state index contributed by atoms with van der Waals surface area (Å²) in [5.74, 6) is 0.672. The second-order valence-corrected chi connectivity index (χ2v) is 5.85. The van der Waals surface area contributed by atoms with Gasteiger partial charge in [0.25, 0.3) is 0 Å². The van der Waals surface area contributed by atoms with Gasteiger partial charge in [-0.3, -0.25) is 0 Å². The van der Waals surface area contributed by atoms with Gasteiger partial charge in [0.05, 0.1) is 0 Å². The maximum atomic E-state index is 6.02. The van der Waals surface area contributed by atoms with Gasteiger partial charge >= 0.3 is 0 Å². The molecule has 0 aliphatic rings. The third-order valence-electron chi connectivity index (χ3n) is 2.92. The quantitative estimate of drug-likeness (QED) is 0.710. The predicted molar refractivity (Wildman–Crippen MR) is 75.9 cm³/mol. The summed E-state index contributed by atoms with van der Waals surface area (Å²) in [6.45, 7) is 8.48. The van der Waals surface area contributed by atoms with Crippen molar-refractivity contribution < 1.29 is 0 Å². The number of aromatic nitrogens is 2. The highest BCUT2D eigenvalue weighted by Crippen LogP contribution is 2.25. The Morgan fingerprint density at radius 2 is 1.67 bits per heavy atom. The first-order valence-corrected chi connectivity index (χ1v) is 6.36. The molecule has 0 unspecified atom stereocenters. The SMILES string of the molecule is Cc1cnc(-c2ccc(C(C)(C)C)cc2)nc1Cl. The van der Waals surface area contributed by atoms with Gasteiger partial charge in [-0.05, 0) is 17.9 Å². The van der Waals surface area contributed by atoms with E-state index in [0.29, 0.717) is 11.0 Å². The number of hydrogen-bond donors (Lipinski definition) is 0. The Bertz CT molecular complexity index is 554. The Morgan fingerprint density at radius 3 is 2.17 bits per heavy atom. The number of halogens is 1. The van der Waals surface area contributed by atoms with Gasteiger partial charge in [0.1, 0.15) is 5.15 Å². The van der Waals surface area contributed by atoms with Gasteiger partial charge < -0.3 is 0 Å². The Balaban J connectivity index is 2.37. The highest BCUT2D eigenvalue weighted by Gasteiger charge is 2.13. The molecule has 2 aromatic rings. The lowest BCUT2D eigenvalue weighted by molar-refractivity contribution is 0.590.